The summed E-state index contributed by atoms with van der Waals surface area (Å²) in [6, 6.07) is 34.7. The molecule has 2 aromatic heterocycles. The highest BCUT2D eigenvalue weighted by Crippen LogP contribution is 2.42. The lowest BCUT2D eigenvalue weighted by molar-refractivity contribution is 0.472. The molecule has 0 aliphatic rings. The number of pyridine rings is 1. The highest BCUT2D eigenvalue weighted by Gasteiger charge is 2.25. The first-order chi connectivity index (χ1) is 30.0. The first-order valence-corrected chi connectivity index (χ1v) is 19.3. The van der Waals surface area contributed by atoms with E-state index >= 15 is 0 Å². The summed E-state index contributed by atoms with van der Waals surface area (Å²) in [6.07, 6.45) is 1.57. The van der Waals surface area contributed by atoms with Gasteiger partial charge in [-0.1, -0.05) is 132 Å². The van der Waals surface area contributed by atoms with Gasteiger partial charge in [-0.05, 0) is 130 Å². The Hall–Kier alpha value is -6.26. The highest BCUT2D eigenvalue weighted by molar-refractivity contribution is 5.97. The number of benzene rings is 6. The number of rotatable bonds is 6. The number of para-hydroxylation sites is 1. The van der Waals surface area contributed by atoms with E-state index in [1.54, 1.807) is 18.3 Å². The Morgan fingerprint density at radius 2 is 1.30 bits per heavy atom. The van der Waals surface area contributed by atoms with Gasteiger partial charge in [0.05, 0.1) is 27.8 Å². The molecule has 0 radical (unpaired) electrons. The van der Waals surface area contributed by atoms with Crippen LogP contribution in [0.15, 0.2) is 140 Å². The van der Waals surface area contributed by atoms with Gasteiger partial charge in [0.2, 0.25) is 0 Å². The number of phenolic OH excluding ortho intramolecular Hbond substituents is 1. The van der Waals surface area contributed by atoms with Gasteiger partial charge >= 0.3 is 0 Å². The van der Waals surface area contributed by atoms with Crippen LogP contribution in [0.3, 0.4) is 0 Å². The largest absolute Gasteiger partial charge is 0.507 e. The van der Waals surface area contributed by atoms with E-state index in [1.807, 2.05) is 56.3 Å². The van der Waals surface area contributed by atoms with Gasteiger partial charge in [0.1, 0.15) is 11.6 Å². The number of hydrogen-bond acceptors (Lipinski definition) is 3. The lowest BCUT2D eigenvalue weighted by Gasteiger charge is -2.23. The minimum absolute atomic E-state index is 0.00211. The molecular formula is C53H51N3O. The number of aromatic nitrogens is 3. The van der Waals surface area contributed by atoms with Crippen LogP contribution in [0.1, 0.15) is 79.0 Å². The van der Waals surface area contributed by atoms with E-state index in [4.69, 9.17) is 19.6 Å². The van der Waals surface area contributed by atoms with Crippen LogP contribution in [0.25, 0.3) is 72.7 Å². The molecule has 0 spiro atoms. The number of nitrogens with zero attached hydrogens (tertiary/aromatic N) is 3. The molecule has 0 amide bonds. The van der Waals surface area contributed by atoms with Gasteiger partial charge in [-0.15, -0.1) is 0 Å². The molecule has 284 valence electrons. The molecular weight excluding hydrogens is 695 g/mol. The molecule has 8 aromatic rings. The standard InChI is InChI=1S/C53H51N3O/c1-33-18-20-37(21-19-33)38-22-23-54-47(31-38)41-26-40(28-42(29-41)52(4,5)6)45-16-13-17-48-49(45)55-51(46-25-34(2)24-35(3)50(46)57)56(48)44-30-39(36-14-11-10-12-15-36)27-43(32-44)53(7,8)9/h10-32,57H,1-9H3/i1D3,18D,19D,20D,21D. The Kier molecular flexibility index (Phi) is 7.54. The number of hydrogen-bond donors (Lipinski definition) is 1. The van der Waals surface area contributed by atoms with Crippen LogP contribution in [0.5, 0.6) is 5.75 Å². The smallest absolute Gasteiger partial charge is 0.149 e. The van der Waals surface area contributed by atoms with Crippen molar-refractivity contribution < 1.29 is 14.7 Å². The zero-order valence-corrected chi connectivity index (χ0v) is 33.8. The Morgan fingerprint density at radius 1 is 0.596 bits per heavy atom. The summed E-state index contributed by atoms with van der Waals surface area (Å²) in [6.45, 7) is 14.1. The molecule has 0 unspecified atom stereocenters. The second-order valence-corrected chi connectivity index (χ2v) is 17.0. The third kappa shape index (κ3) is 7.40. The molecule has 6 aromatic carbocycles. The van der Waals surface area contributed by atoms with Crippen molar-refractivity contribution >= 4 is 11.0 Å². The molecule has 2 heterocycles. The number of fused-ring (bicyclic) bond motifs is 1. The molecule has 57 heavy (non-hydrogen) atoms. The van der Waals surface area contributed by atoms with E-state index in [0.29, 0.717) is 22.6 Å². The van der Waals surface area contributed by atoms with Crippen molar-refractivity contribution in [3.63, 3.8) is 0 Å². The molecule has 0 saturated carbocycles. The predicted octanol–water partition coefficient (Wildman–Crippen LogP) is 14.0. The van der Waals surface area contributed by atoms with E-state index in [9.17, 15) is 5.11 Å². The van der Waals surface area contributed by atoms with Crippen molar-refractivity contribution in [2.45, 2.75) is 73.1 Å². The summed E-state index contributed by atoms with van der Waals surface area (Å²) in [7, 11) is 0. The van der Waals surface area contributed by atoms with E-state index in [1.165, 1.54) is 0 Å². The van der Waals surface area contributed by atoms with Crippen LogP contribution in [-0.4, -0.2) is 19.6 Å². The van der Waals surface area contributed by atoms with Gasteiger partial charge in [-0.3, -0.25) is 9.55 Å². The SMILES string of the molecule is [2H]c1c([2H])c(C([2H])([2H])[2H])c([2H])c([2H])c1-c1ccnc(-c2cc(-c3cccc4c3nc(-c3cc(C)cc(C)c3O)n4-c3cc(-c4ccccc4)cc(C(C)(C)C)c3)cc(C(C)(C)C)c2)c1. The quantitative estimate of drug-likeness (QED) is 0.184. The number of phenols is 1. The molecule has 0 fully saturated rings. The van der Waals surface area contributed by atoms with Crippen molar-refractivity contribution in [1.82, 2.24) is 14.5 Å². The van der Waals surface area contributed by atoms with Crippen LogP contribution in [0, 0.1) is 20.7 Å². The van der Waals surface area contributed by atoms with Crippen molar-refractivity contribution in [2.75, 3.05) is 0 Å². The van der Waals surface area contributed by atoms with E-state index < -0.39 is 36.6 Å². The molecule has 0 bridgehead atoms. The summed E-state index contributed by atoms with van der Waals surface area (Å²) in [5.74, 6) is 0.763. The molecule has 4 heteroatoms. The summed E-state index contributed by atoms with van der Waals surface area (Å²) < 4.78 is 60.5. The molecule has 1 N–H and O–H groups in total. The first-order valence-electron chi connectivity index (χ1n) is 22.8. The number of imidazole rings is 1. The maximum absolute atomic E-state index is 11.8. The summed E-state index contributed by atoms with van der Waals surface area (Å²) in [5.41, 5.74) is 11.5. The van der Waals surface area contributed by atoms with Crippen molar-refractivity contribution in [1.29, 1.82) is 0 Å². The van der Waals surface area contributed by atoms with Crippen LogP contribution < -0.4 is 0 Å². The third-order valence-electron chi connectivity index (χ3n) is 10.6. The molecule has 0 aliphatic heterocycles. The second-order valence-electron chi connectivity index (χ2n) is 17.0. The average Bonchev–Trinajstić information content (AvgIpc) is 3.63. The molecule has 4 nitrogen and oxygen atoms in total. The predicted molar refractivity (Wildman–Crippen MR) is 239 cm³/mol. The zero-order valence-electron chi connectivity index (χ0n) is 40.8. The fourth-order valence-electron chi connectivity index (χ4n) is 7.44. The van der Waals surface area contributed by atoms with E-state index in [0.717, 1.165) is 66.8 Å². The number of aromatic hydroxyl groups is 1. The number of aryl methyl sites for hydroxylation is 2. The topological polar surface area (TPSA) is 50.9 Å². The van der Waals surface area contributed by atoms with Crippen LogP contribution in [0.4, 0.5) is 0 Å². The van der Waals surface area contributed by atoms with Gasteiger partial charge in [-0.2, -0.15) is 0 Å². The summed E-state index contributed by atoms with van der Waals surface area (Å²) in [5, 5.41) is 11.8. The molecule has 0 atom stereocenters. The monoisotopic (exact) mass is 752 g/mol. The van der Waals surface area contributed by atoms with Gasteiger partial charge in [0.25, 0.3) is 0 Å². The maximum atomic E-state index is 11.8. The van der Waals surface area contributed by atoms with Gasteiger partial charge in [0.15, 0.2) is 0 Å². The van der Waals surface area contributed by atoms with Gasteiger partial charge < -0.3 is 5.11 Å². The molecule has 0 saturated heterocycles. The summed E-state index contributed by atoms with van der Waals surface area (Å²) in [4.78, 5) is 10.2. The Balaban J connectivity index is 1.39. The van der Waals surface area contributed by atoms with Crippen molar-refractivity contribution in [3.05, 3.63) is 167 Å². The minimum Gasteiger partial charge on any atom is -0.507 e. The normalized spacial score (nSPS) is 14.0. The Morgan fingerprint density at radius 3 is 2.02 bits per heavy atom. The summed E-state index contributed by atoms with van der Waals surface area (Å²) >= 11 is 0. The Bertz CT molecular complexity index is 3110. The fraction of sp³-hybridized carbons (Fsp3) is 0.208. The molecule has 0 aliphatic carbocycles. The Labute approximate surface area is 347 Å². The molecule has 8 rings (SSSR count). The van der Waals surface area contributed by atoms with Crippen LogP contribution in [0.2, 0.25) is 0 Å². The third-order valence-corrected chi connectivity index (χ3v) is 10.6. The minimum atomic E-state index is -2.81. The van der Waals surface area contributed by atoms with Gasteiger partial charge in [-0.25, -0.2) is 4.98 Å². The van der Waals surface area contributed by atoms with Gasteiger partial charge in [0, 0.05) is 27.1 Å². The van der Waals surface area contributed by atoms with Crippen molar-refractivity contribution in [2.24, 2.45) is 0 Å². The average molecular weight is 753 g/mol. The lowest BCUT2D eigenvalue weighted by atomic mass is 9.83. The fourth-order valence-corrected chi connectivity index (χ4v) is 7.44. The first kappa shape index (κ1) is 30.0. The zero-order chi connectivity index (χ0) is 46.2. The highest BCUT2D eigenvalue weighted by atomic mass is 16.3. The van der Waals surface area contributed by atoms with E-state index in [-0.39, 0.29) is 22.1 Å². The van der Waals surface area contributed by atoms with Crippen LogP contribution in [-0.2, 0) is 10.8 Å². The maximum Gasteiger partial charge on any atom is 0.149 e. The van der Waals surface area contributed by atoms with Crippen molar-refractivity contribution in [3.8, 4) is 67.5 Å². The van der Waals surface area contributed by atoms with E-state index in [2.05, 4.69) is 101 Å². The van der Waals surface area contributed by atoms with Crippen LogP contribution >= 0.6 is 0 Å². The lowest BCUT2D eigenvalue weighted by Crippen LogP contribution is -2.12. The second kappa shape index (κ2) is 14.4.